The molecule has 0 saturated carbocycles. The van der Waals surface area contributed by atoms with Crippen LogP contribution >= 0.6 is 11.6 Å². The van der Waals surface area contributed by atoms with Crippen LogP contribution in [0.4, 0.5) is 11.4 Å². The van der Waals surface area contributed by atoms with E-state index < -0.39 is 0 Å². The zero-order valence-electron chi connectivity index (χ0n) is 10.6. The van der Waals surface area contributed by atoms with Crippen LogP contribution in [-0.4, -0.2) is 32.7 Å². The molecule has 1 heterocycles. The number of nitrogens with one attached hydrogen (secondary N) is 1. The van der Waals surface area contributed by atoms with Crippen LogP contribution in [0.25, 0.3) is 0 Å². The van der Waals surface area contributed by atoms with Crippen LogP contribution in [0.5, 0.6) is 0 Å². The minimum atomic E-state index is -0.334. The van der Waals surface area contributed by atoms with E-state index in [1.165, 1.54) is 0 Å². The fraction of sp³-hybridized carbons (Fsp3) is 0.462. The molecule has 0 bridgehead atoms. The standard InChI is InChI=1S/C13H17ClN2O2/c1-16(2)11-6-5-9(14)8-10(11)15-13(17)12-4-3-7-18-12/h5-6,8,12H,3-4,7H2,1-2H3,(H,15,17). The Bertz CT molecular complexity index is 443. The Morgan fingerprint density at radius 2 is 2.28 bits per heavy atom. The summed E-state index contributed by atoms with van der Waals surface area (Å²) in [5.74, 6) is -0.0992. The number of nitrogens with zero attached hydrogens (tertiary/aromatic N) is 1. The van der Waals surface area contributed by atoms with Crippen LogP contribution in [0.3, 0.4) is 0 Å². The summed E-state index contributed by atoms with van der Waals surface area (Å²) < 4.78 is 5.36. The molecule has 1 aromatic rings. The molecule has 1 aliphatic heterocycles. The van der Waals surface area contributed by atoms with Crippen molar-refractivity contribution in [2.45, 2.75) is 18.9 Å². The van der Waals surface area contributed by atoms with Crippen LogP contribution < -0.4 is 10.2 Å². The highest BCUT2D eigenvalue weighted by molar-refractivity contribution is 6.31. The van der Waals surface area contributed by atoms with Gasteiger partial charge in [-0.3, -0.25) is 4.79 Å². The van der Waals surface area contributed by atoms with E-state index in [1.807, 2.05) is 25.1 Å². The third kappa shape index (κ3) is 2.94. The number of carbonyl (C=O) groups is 1. The van der Waals surface area contributed by atoms with Gasteiger partial charge in [-0.1, -0.05) is 11.6 Å². The van der Waals surface area contributed by atoms with E-state index in [4.69, 9.17) is 16.3 Å². The van der Waals surface area contributed by atoms with Crippen LogP contribution in [-0.2, 0) is 9.53 Å². The highest BCUT2D eigenvalue weighted by Gasteiger charge is 2.24. The number of anilines is 2. The number of amides is 1. The van der Waals surface area contributed by atoms with E-state index in [0.29, 0.717) is 17.3 Å². The van der Waals surface area contributed by atoms with Gasteiger partial charge in [0.15, 0.2) is 0 Å². The molecule has 4 nitrogen and oxygen atoms in total. The minimum absolute atomic E-state index is 0.0992. The molecule has 0 aliphatic carbocycles. The fourth-order valence-electron chi connectivity index (χ4n) is 2.00. The van der Waals surface area contributed by atoms with Gasteiger partial charge in [0.05, 0.1) is 11.4 Å². The lowest BCUT2D eigenvalue weighted by molar-refractivity contribution is -0.124. The second kappa shape index (κ2) is 5.59. The molecule has 2 rings (SSSR count). The first-order chi connectivity index (χ1) is 8.58. The Balaban J connectivity index is 2.16. The molecule has 0 radical (unpaired) electrons. The number of ether oxygens (including phenoxy) is 1. The molecule has 1 saturated heterocycles. The summed E-state index contributed by atoms with van der Waals surface area (Å²) in [4.78, 5) is 13.9. The molecule has 1 atom stereocenters. The third-order valence-electron chi connectivity index (χ3n) is 2.92. The van der Waals surface area contributed by atoms with Crippen LogP contribution in [0.2, 0.25) is 5.02 Å². The summed E-state index contributed by atoms with van der Waals surface area (Å²) >= 11 is 5.96. The smallest absolute Gasteiger partial charge is 0.253 e. The largest absolute Gasteiger partial charge is 0.376 e. The summed E-state index contributed by atoms with van der Waals surface area (Å²) in [5.41, 5.74) is 1.64. The summed E-state index contributed by atoms with van der Waals surface area (Å²) in [6, 6.07) is 5.44. The quantitative estimate of drug-likeness (QED) is 0.916. The van der Waals surface area contributed by atoms with Gasteiger partial charge < -0.3 is 15.0 Å². The van der Waals surface area contributed by atoms with E-state index >= 15 is 0 Å². The zero-order valence-corrected chi connectivity index (χ0v) is 11.3. The second-order valence-electron chi connectivity index (χ2n) is 4.55. The Labute approximate surface area is 112 Å². The van der Waals surface area contributed by atoms with E-state index in [-0.39, 0.29) is 12.0 Å². The average Bonchev–Trinajstić information content (AvgIpc) is 2.81. The molecular weight excluding hydrogens is 252 g/mol. The molecule has 1 amide bonds. The molecule has 1 N–H and O–H groups in total. The van der Waals surface area contributed by atoms with Crippen molar-refractivity contribution in [2.24, 2.45) is 0 Å². The van der Waals surface area contributed by atoms with Crippen molar-refractivity contribution in [1.29, 1.82) is 0 Å². The van der Waals surface area contributed by atoms with Gasteiger partial charge in [-0.2, -0.15) is 0 Å². The van der Waals surface area contributed by atoms with Gasteiger partial charge in [0.1, 0.15) is 6.10 Å². The molecule has 1 aliphatic rings. The summed E-state index contributed by atoms with van der Waals surface area (Å²) in [5, 5.41) is 3.48. The number of hydrogen-bond donors (Lipinski definition) is 1. The number of halogens is 1. The Morgan fingerprint density at radius 1 is 1.50 bits per heavy atom. The van der Waals surface area contributed by atoms with Crippen molar-refractivity contribution in [2.75, 3.05) is 30.9 Å². The number of benzene rings is 1. The van der Waals surface area contributed by atoms with Gasteiger partial charge in [0, 0.05) is 25.7 Å². The van der Waals surface area contributed by atoms with Gasteiger partial charge in [-0.25, -0.2) is 0 Å². The lowest BCUT2D eigenvalue weighted by Crippen LogP contribution is -2.27. The highest BCUT2D eigenvalue weighted by atomic mass is 35.5. The summed E-state index contributed by atoms with van der Waals surface area (Å²) in [7, 11) is 3.84. The molecule has 18 heavy (non-hydrogen) atoms. The number of carbonyl (C=O) groups excluding carboxylic acids is 1. The van der Waals surface area contributed by atoms with Crippen molar-refractivity contribution in [3.05, 3.63) is 23.2 Å². The molecule has 98 valence electrons. The van der Waals surface area contributed by atoms with E-state index in [1.54, 1.807) is 12.1 Å². The van der Waals surface area contributed by atoms with Crippen molar-refractivity contribution in [1.82, 2.24) is 0 Å². The van der Waals surface area contributed by atoms with Crippen LogP contribution in [0.15, 0.2) is 18.2 Å². The van der Waals surface area contributed by atoms with Gasteiger partial charge in [0.25, 0.3) is 5.91 Å². The van der Waals surface area contributed by atoms with Crippen molar-refractivity contribution < 1.29 is 9.53 Å². The molecule has 1 unspecified atom stereocenters. The molecule has 0 aromatic heterocycles. The fourth-order valence-corrected chi connectivity index (χ4v) is 2.17. The Kier molecular flexibility index (Phi) is 4.09. The first-order valence-corrected chi connectivity index (χ1v) is 6.35. The molecule has 1 fully saturated rings. The van der Waals surface area contributed by atoms with Crippen molar-refractivity contribution >= 4 is 28.9 Å². The highest BCUT2D eigenvalue weighted by Crippen LogP contribution is 2.28. The average molecular weight is 269 g/mol. The van der Waals surface area contributed by atoms with E-state index in [2.05, 4.69) is 5.32 Å². The topological polar surface area (TPSA) is 41.6 Å². The maximum Gasteiger partial charge on any atom is 0.253 e. The Morgan fingerprint density at radius 3 is 2.89 bits per heavy atom. The lowest BCUT2D eigenvalue weighted by Gasteiger charge is -2.19. The number of hydrogen-bond acceptors (Lipinski definition) is 3. The normalized spacial score (nSPS) is 18.7. The van der Waals surface area contributed by atoms with Crippen LogP contribution in [0, 0.1) is 0 Å². The van der Waals surface area contributed by atoms with Gasteiger partial charge in [-0.15, -0.1) is 0 Å². The van der Waals surface area contributed by atoms with E-state index in [9.17, 15) is 4.79 Å². The van der Waals surface area contributed by atoms with Crippen molar-refractivity contribution in [3.63, 3.8) is 0 Å². The maximum atomic E-state index is 12.0. The molecule has 1 aromatic carbocycles. The third-order valence-corrected chi connectivity index (χ3v) is 3.16. The predicted octanol–water partition coefficient (Wildman–Crippen LogP) is 2.52. The maximum absolute atomic E-state index is 12.0. The van der Waals surface area contributed by atoms with Gasteiger partial charge in [0.2, 0.25) is 0 Å². The summed E-state index contributed by atoms with van der Waals surface area (Å²) in [6.45, 7) is 0.661. The predicted molar refractivity (Wildman–Crippen MR) is 73.4 cm³/mol. The monoisotopic (exact) mass is 268 g/mol. The van der Waals surface area contributed by atoms with Crippen molar-refractivity contribution in [3.8, 4) is 0 Å². The SMILES string of the molecule is CN(C)c1ccc(Cl)cc1NC(=O)C1CCCO1. The Hall–Kier alpha value is -1.26. The van der Waals surface area contributed by atoms with Gasteiger partial charge >= 0.3 is 0 Å². The first kappa shape index (κ1) is 13.2. The van der Waals surface area contributed by atoms with Gasteiger partial charge in [-0.05, 0) is 31.0 Å². The molecule has 5 heteroatoms. The van der Waals surface area contributed by atoms with E-state index in [0.717, 1.165) is 18.5 Å². The minimum Gasteiger partial charge on any atom is -0.376 e. The second-order valence-corrected chi connectivity index (χ2v) is 4.98. The summed E-state index contributed by atoms with van der Waals surface area (Å²) in [6.07, 6.45) is 1.39. The number of rotatable bonds is 3. The van der Waals surface area contributed by atoms with Crippen LogP contribution in [0.1, 0.15) is 12.8 Å². The first-order valence-electron chi connectivity index (χ1n) is 5.97. The molecular formula is C13H17ClN2O2. The lowest BCUT2D eigenvalue weighted by atomic mass is 10.2. The molecule has 0 spiro atoms. The zero-order chi connectivity index (χ0) is 13.1.